The van der Waals surface area contributed by atoms with E-state index >= 15 is 0 Å². The summed E-state index contributed by atoms with van der Waals surface area (Å²) in [7, 11) is 1.69. The summed E-state index contributed by atoms with van der Waals surface area (Å²) >= 11 is 0. The van der Waals surface area contributed by atoms with Gasteiger partial charge in [0.25, 0.3) is 0 Å². The molecule has 4 nitrogen and oxygen atoms in total. The third kappa shape index (κ3) is 2.44. The highest BCUT2D eigenvalue weighted by molar-refractivity contribution is 5.88. The van der Waals surface area contributed by atoms with Gasteiger partial charge in [0, 0.05) is 17.7 Å². The molecule has 2 N–H and O–H groups in total. The molecule has 0 radical (unpaired) electrons. The van der Waals surface area contributed by atoms with Crippen molar-refractivity contribution in [3.8, 4) is 17.0 Å². The van der Waals surface area contributed by atoms with Crippen LogP contribution in [-0.4, -0.2) is 23.3 Å². The molecule has 0 amide bonds. The Bertz CT molecular complexity index is 790. The minimum absolute atomic E-state index is 0.616. The van der Waals surface area contributed by atoms with Gasteiger partial charge in [-0.3, -0.25) is 5.10 Å². The SMILES string of the molecule is COc1ccc2cc(-c3cc(NC4CC4)n[nH]3)ccc2c1. The lowest BCUT2D eigenvalue weighted by atomic mass is 10.0. The van der Waals surface area contributed by atoms with E-state index in [0.29, 0.717) is 6.04 Å². The average Bonchev–Trinajstić information content (AvgIpc) is 3.21. The molecule has 0 aliphatic heterocycles. The molecule has 2 aromatic carbocycles. The van der Waals surface area contributed by atoms with Crippen LogP contribution in [0.3, 0.4) is 0 Å². The Morgan fingerprint density at radius 1 is 1.10 bits per heavy atom. The normalized spacial score (nSPS) is 14.3. The molecule has 1 saturated carbocycles. The van der Waals surface area contributed by atoms with Gasteiger partial charge >= 0.3 is 0 Å². The Labute approximate surface area is 123 Å². The van der Waals surface area contributed by atoms with Crippen LogP contribution in [-0.2, 0) is 0 Å². The van der Waals surface area contributed by atoms with E-state index in [2.05, 4.69) is 45.8 Å². The van der Waals surface area contributed by atoms with Gasteiger partial charge in [0.15, 0.2) is 0 Å². The number of anilines is 1. The number of benzene rings is 2. The van der Waals surface area contributed by atoms with Crippen molar-refractivity contribution < 1.29 is 4.74 Å². The van der Waals surface area contributed by atoms with Crippen LogP contribution >= 0.6 is 0 Å². The summed E-state index contributed by atoms with van der Waals surface area (Å²) in [5.41, 5.74) is 2.18. The van der Waals surface area contributed by atoms with E-state index in [-0.39, 0.29) is 0 Å². The minimum Gasteiger partial charge on any atom is -0.497 e. The average molecular weight is 279 g/mol. The molecular formula is C17H17N3O. The highest BCUT2D eigenvalue weighted by atomic mass is 16.5. The Balaban J connectivity index is 1.67. The van der Waals surface area contributed by atoms with Crippen molar-refractivity contribution in [3.05, 3.63) is 42.5 Å². The molecule has 106 valence electrons. The molecule has 0 unspecified atom stereocenters. The number of hydrogen-bond acceptors (Lipinski definition) is 3. The van der Waals surface area contributed by atoms with E-state index in [0.717, 1.165) is 22.8 Å². The van der Waals surface area contributed by atoms with Crippen LogP contribution < -0.4 is 10.1 Å². The number of ether oxygens (including phenoxy) is 1. The molecule has 1 heterocycles. The summed E-state index contributed by atoms with van der Waals surface area (Å²) in [5.74, 6) is 1.81. The van der Waals surface area contributed by atoms with Gasteiger partial charge in [0.05, 0.1) is 12.8 Å². The van der Waals surface area contributed by atoms with Crippen LogP contribution in [0, 0.1) is 0 Å². The Kier molecular flexibility index (Phi) is 2.81. The molecule has 0 atom stereocenters. The van der Waals surface area contributed by atoms with Crippen LogP contribution in [0.2, 0.25) is 0 Å². The molecule has 21 heavy (non-hydrogen) atoms. The topological polar surface area (TPSA) is 49.9 Å². The monoisotopic (exact) mass is 279 g/mol. The number of aromatic amines is 1. The summed E-state index contributed by atoms with van der Waals surface area (Å²) in [6, 6.07) is 15.2. The molecule has 0 spiro atoms. The minimum atomic E-state index is 0.616. The number of nitrogens with one attached hydrogen (secondary N) is 2. The van der Waals surface area contributed by atoms with Crippen molar-refractivity contribution in [3.63, 3.8) is 0 Å². The van der Waals surface area contributed by atoms with E-state index in [4.69, 9.17) is 4.74 Å². The third-order valence-corrected chi connectivity index (χ3v) is 3.87. The van der Waals surface area contributed by atoms with Crippen molar-refractivity contribution in [2.75, 3.05) is 12.4 Å². The van der Waals surface area contributed by atoms with E-state index < -0.39 is 0 Å². The number of nitrogens with zero attached hydrogens (tertiary/aromatic N) is 1. The van der Waals surface area contributed by atoms with Gasteiger partial charge in [-0.05, 0) is 41.8 Å². The fourth-order valence-corrected chi connectivity index (χ4v) is 2.50. The number of aromatic nitrogens is 2. The standard InChI is InChI=1S/C17H17N3O/c1-21-15-7-4-11-8-13(3-2-12(11)9-15)16-10-17(20-19-16)18-14-5-6-14/h2-4,7-10,14H,5-6H2,1H3,(H2,18,19,20). The largest absolute Gasteiger partial charge is 0.497 e. The maximum absolute atomic E-state index is 5.26. The van der Waals surface area contributed by atoms with E-state index in [9.17, 15) is 0 Å². The van der Waals surface area contributed by atoms with E-state index in [1.54, 1.807) is 7.11 Å². The third-order valence-electron chi connectivity index (χ3n) is 3.87. The quantitative estimate of drug-likeness (QED) is 0.763. The maximum atomic E-state index is 5.26. The lowest BCUT2D eigenvalue weighted by molar-refractivity contribution is 0.415. The van der Waals surface area contributed by atoms with Crippen LogP contribution in [0.25, 0.3) is 22.0 Å². The molecule has 1 aromatic heterocycles. The molecule has 4 rings (SSSR count). The fraction of sp³-hybridized carbons (Fsp3) is 0.235. The molecule has 1 aliphatic rings. The van der Waals surface area contributed by atoms with Crippen molar-refractivity contribution >= 4 is 16.6 Å². The Morgan fingerprint density at radius 2 is 1.90 bits per heavy atom. The van der Waals surface area contributed by atoms with Gasteiger partial charge in [-0.15, -0.1) is 0 Å². The van der Waals surface area contributed by atoms with E-state index in [1.165, 1.54) is 23.6 Å². The first kappa shape index (κ1) is 12.3. The summed E-state index contributed by atoms with van der Waals surface area (Å²) in [6.45, 7) is 0. The van der Waals surface area contributed by atoms with Gasteiger partial charge in [0.1, 0.15) is 11.6 Å². The summed E-state index contributed by atoms with van der Waals surface area (Å²) in [6.07, 6.45) is 2.50. The lowest BCUT2D eigenvalue weighted by Crippen LogP contribution is -2.00. The molecule has 0 bridgehead atoms. The van der Waals surface area contributed by atoms with Crippen LogP contribution in [0.1, 0.15) is 12.8 Å². The Hall–Kier alpha value is -2.49. The lowest BCUT2D eigenvalue weighted by Gasteiger charge is -2.04. The van der Waals surface area contributed by atoms with Crippen LogP contribution in [0.5, 0.6) is 5.75 Å². The van der Waals surface area contributed by atoms with Gasteiger partial charge in [-0.1, -0.05) is 18.2 Å². The number of rotatable bonds is 4. The van der Waals surface area contributed by atoms with Crippen molar-refractivity contribution in [1.29, 1.82) is 0 Å². The zero-order valence-corrected chi connectivity index (χ0v) is 11.9. The molecule has 3 aromatic rings. The fourth-order valence-electron chi connectivity index (χ4n) is 2.50. The van der Waals surface area contributed by atoms with Gasteiger partial charge in [0.2, 0.25) is 0 Å². The predicted molar refractivity (Wildman–Crippen MR) is 84.7 cm³/mol. The first-order valence-corrected chi connectivity index (χ1v) is 7.22. The van der Waals surface area contributed by atoms with Gasteiger partial charge < -0.3 is 10.1 Å². The van der Waals surface area contributed by atoms with Crippen molar-refractivity contribution in [2.24, 2.45) is 0 Å². The number of fused-ring (bicyclic) bond motifs is 1. The van der Waals surface area contributed by atoms with Crippen molar-refractivity contribution in [2.45, 2.75) is 18.9 Å². The first-order chi connectivity index (χ1) is 10.3. The highest BCUT2D eigenvalue weighted by Crippen LogP contribution is 2.29. The molecular weight excluding hydrogens is 262 g/mol. The highest BCUT2D eigenvalue weighted by Gasteiger charge is 2.21. The van der Waals surface area contributed by atoms with Crippen LogP contribution in [0.15, 0.2) is 42.5 Å². The second-order valence-electron chi connectivity index (χ2n) is 5.51. The second-order valence-corrected chi connectivity index (χ2v) is 5.51. The zero-order valence-electron chi connectivity index (χ0n) is 11.9. The summed E-state index contributed by atoms with van der Waals surface area (Å²) < 4.78 is 5.26. The predicted octanol–water partition coefficient (Wildman–Crippen LogP) is 3.81. The molecule has 4 heteroatoms. The van der Waals surface area contributed by atoms with E-state index in [1.807, 2.05) is 12.1 Å². The zero-order chi connectivity index (χ0) is 14.2. The molecule has 1 fully saturated rings. The summed E-state index contributed by atoms with van der Waals surface area (Å²) in [5, 5.41) is 13.2. The maximum Gasteiger partial charge on any atom is 0.148 e. The van der Waals surface area contributed by atoms with Gasteiger partial charge in [-0.25, -0.2) is 0 Å². The number of methoxy groups -OCH3 is 1. The first-order valence-electron chi connectivity index (χ1n) is 7.22. The Morgan fingerprint density at radius 3 is 2.71 bits per heavy atom. The van der Waals surface area contributed by atoms with Crippen LogP contribution in [0.4, 0.5) is 5.82 Å². The smallest absolute Gasteiger partial charge is 0.148 e. The molecule has 1 aliphatic carbocycles. The molecule has 0 saturated heterocycles. The number of H-pyrrole nitrogens is 1. The van der Waals surface area contributed by atoms with Gasteiger partial charge in [-0.2, -0.15) is 5.10 Å². The summed E-state index contributed by atoms with van der Waals surface area (Å²) in [4.78, 5) is 0. The number of hydrogen-bond donors (Lipinski definition) is 2. The second kappa shape index (κ2) is 4.81. The van der Waals surface area contributed by atoms with Crippen molar-refractivity contribution in [1.82, 2.24) is 10.2 Å².